The smallest absolute Gasteiger partial charge is 0.240 e. The first-order valence-electron chi connectivity index (χ1n) is 8.52. The van der Waals surface area contributed by atoms with Gasteiger partial charge in [-0.15, -0.1) is 0 Å². The number of nitrogens with one attached hydrogen (secondary N) is 1. The van der Waals surface area contributed by atoms with Crippen LogP contribution in [0.1, 0.15) is 11.6 Å². The second-order valence-corrected chi connectivity index (χ2v) is 6.12. The zero-order valence-corrected chi connectivity index (χ0v) is 14.2. The number of hydrogen-bond acceptors (Lipinski definition) is 3. The summed E-state index contributed by atoms with van der Waals surface area (Å²) in [6.07, 6.45) is 5.21. The average molecular weight is 345 g/mol. The predicted octanol–water partition coefficient (Wildman–Crippen LogP) is 2.79. The highest BCUT2D eigenvalue weighted by Gasteiger charge is 2.16. The van der Waals surface area contributed by atoms with Crippen molar-refractivity contribution >= 4 is 16.8 Å². The summed E-state index contributed by atoms with van der Waals surface area (Å²) in [5.74, 6) is -0.0487. The first-order valence-corrected chi connectivity index (χ1v) is 8.52. The van der Waals surface area contributed by atoms with Gasteiger partial charge < -0.3 is 9.88 Å². The summed E-state index contributed by atoms with van der Waals surface area (Å²) in [4.78, 5) is 14.3. The van der Waals surface area contributed by atoms with E-state index in [1.54, 1.807) is 17.2 Å². The van der Waals surface area contributed by atoms with Crippen molar-refractivity contribution in [1.29, 1.82) is 0 Å². The predicted molar refractivity (Wildman–Crippen MR) is 99.3 cm³/mol. The molecule has 2 aromatic heterocycles. The molecule has 6 nitrogen and oxygen atoms in total. The minimum atomic E-state index is -0.196. The largest absolute Gasteiger partial charge is 0.346 e. The van der Waals surface area contributed by atoms with Crippen molar-refractivity contribution in [3.05, 3.63) is 84.8 Å². The monoisotopic (exact) mass is 345 g/mol. The number of amides is 1. The van der Waals surface area contributed by atoms with Crippen molar-refractivity contribution < 1.29 is 4.79 Å². The van der Waals surface area contributed by atoms with Crippen LogP contribution in [0.5, 0.6) is 0 Å². The van der Waals surface area contributed by atoms with Gasteiger partial charge in [0.2, 0.25) is 5.91 Å². The van der Waals surface area contributed by atoms with E-state index >= 15 is 0 Å². The molecule has 4 rings (SSSR count). The highest BCUT2D eigenvalue weighted by Crippen LogP contribution is 2.17. The van der Waals surface area contributed by atoms with Gasteiger partial charge in [0.05, 0.1) is 25.0 Å². The molecule has 4 aromatic rings. The van der Waals surface area contributed by atoms with E-state index < -0.39 is 0 Å². The standard InChI is InChI=1S/C20H19N5O/c26-20(15-24-13-10-17-8-4-5-9-19(17)24)23-18(14-25-21-11-12-22-25)16-6-2-1-3-7-16/h1-13,18H,14-15H2,(H,23,26)/t18-/m0/s1. The third kappa shape index (κ3) is 3.49. The van der Waals surface area contributed by atoms with Crippen molar-refractivity contribution in [2.45, 2.75) is 19.1 Å². The Labute approximate surface area is 151 Å². The van der Waals surface area contributed by atoms with Crippen LogP contribution in [-0.4, -0.2) is 25.5 Å². The van der Waals surface area contributed by atoms with Gasteiger partial charge in [0.15, 0.2) is 0 Å². The van der Waals surface area contributed by atoms with Gasteiger partial charge in [0.1, 0.15) is 6.54 Å². The lowest BCUT2D eigenvalue weighted by atomic mass is 10.1. The molecule has 26 heavy (non-hydrogen) atoms. The van der Waals surface area contributed by atoms with E-state index in [0.29, 0.717) is 6.54 Å². The molecule has 0 aliphatic heterocycles. The normalized spacial score (nSPS) is 12.2. The lowest BCUT2D eigenvalue weighted by Crippen LogP contribution is -2.34. The Kier molecular flexibility index (Phi) is 4.47. The summed E-state index contributed by atoms with van der Waals surface area (Å²) in [6.45, 7) is 0.749. The van der Waals surface area contributed by atoms with E-state index in [9.17, 15) is 4.79 Å². The summed E-state index contributed by atoms with van der Waals surface area (Å²) in [7, 11) is 0. The van der Waals surface area contributed by atoms with Gasteiger partial charge in [-0.1, -0.05) is 48.5 Å². The fraction of sp³-hybridized carbons (Fsp3) is 0.150. The van der Waals surface area contributed by atoms with E-state index in [1.807, 2.05) is 71.4 Å². The Morgan fingerprint density at radius 3 is 2.50 bits per heavy atom. The van der Waals surface area contributed by atoms with Crippen LogP contribution in [0.15, 0.2) is 79.3 Å². The molecule has 0 saturated heterocycles. The average Bonchev–Trinajstić information content (AvgIpc) is 3.32. The van der Waals surface area contributed by atoms with E-state index in [1.165, 1.54) is 0 Å². The van der Waals surface area contributed by atoms with E-state index in [-0.39, 0.29) is 18.5 Å². The molecule has 2 heterocycles. The van der Waals surface area contributed by atoms with Gasteiger partial charge in [-0.25, -0.2) is 0 Å². The quantitative estimate of drug-likeness (QED) is 0.584. The Morgan fingerprint density at radius 1 is 0.962 bits per heavy atom. The Hall–Kier alpha value is -3.41. The van der Waals surface area contributed by atoms with Crippen LogP contribution >= 0.6 is 0 Å². The van der Waals surface area contributed by atoms with Gasteiger partial charge >= 0.3 is 0 Å². The molecule has 0 aliphatic rings. The van der Waals surface area contributed by atoms with E-state index in [0.717, 1.165) is 16.5 Å². The summed E-state index contributed by atoms with van der Waals surface area (Å²) >= 11 is 0. The van der Waals surface area contributed by atoms with Gasteiger partial charge in [0.25, 0.3) is 0 Å². The van der Waals surface area contributed by atoms with Crippen molar-refractivity contribution in [3.8, 4) is 0 Å². The van der Waals surface area contributed by atoms with Crippen LogP contribution in [0.4, 0.5) is 0 Å². The third-order valence-corrected chi connectivity index (χ3v) is 4.34. The number of nitrogens with zero attached hydrogens (tertiary/aromatic N) is 4. The molecule has 130 valence electrons. The van der Waals surface area contributed by atoms with Crippen molar-refractivity contribution in [1.82, 2.24) is 24.9 Å². The lowest BCUT2D eigenvalue weighted by molar-refractivity contribution is -0.122. The summed E-state index contributed by atoms with van der Waals surface area (Å²) in [5.41, 5.74) is 2.07. The third-order valence-electron chi connectivity index (χ3n) is 4.34. The molecule has 0 fully saturated rings. The van der Waals surface area contributed by atoms with Gasteiger partial charge in [-0.3, -0.25) is 4.79 Å². The van der Waals surface area contributed by atoms with Crippen molar-refractivity contribution in [2.24, 2.45) is 0 Å². The zero-order valence-electron chi connectivity index (χ0n) is 14.2. The second kappa shape index (κ2) is 7.23. The number of hydrogen-bond donors (Lipinski definition) is 1. The number of aromatic nitrogens is 4. The first-order chi connectivity index (χ1) is 12.8. The molecule has 0 spiro atoms. The van der Waals surface area contributed by atoms with Gasteiger partial charge in [-0.2, -0.15) is 15.0 Å². The van der Waals surface area contributed by atoms with Gasteiger partial charge in [0, 0.05) is 11.7 Å². The maximum Gasteiger partial charge on any atom is 0.240 e. The zero-order chi connectivity index (χ0) is 17.8. The molecule has 1 atom stereocenters. The molecule has 0 bridgehead atoms. The summed E-state index contributed by atoms with van der Waals surface area (Å²) in [6, 6.07) is 19.7. The van der Waals surface area contributed by atoms with Crippen LogP contribution in [0, 0.1) is 0 Å². The van der Waals surface area contributed by atoms with Crippen LogP contribution in [-0.2, 0) is 17.9 Å². The fourth-order valence-corrected chi connectivity index (χ4v) is 3.09. The van der Waals surface area contributed by atoms with Crippen LogP contribution in [0.25, 0.3) is 10.9 Å². The number of carbonyl (C=O) groups excluding carboxylic acids is 1. The first kappa shape index (κ1) is 16.1. The van der Waals surface area contributed by atoms with Crippen molar-refractivity contribution in [2.75, 3.05) is 0 Å². The molecule has 0 unspecified atom stereocenters. The molecule has 0 aliphatic carbocycles. The van der Waals surface area contributed by atoms with E-state index in [2.05, 4.69) is 15.5 Å². The minimum Gasteiger partial charge on any atom is -0.346 e. The molecular formula is C20H19N5O. The van der Waals surface area contributed by atoms with Gasteiger partial charge in [-0.05, 0) is 23.1 Å². The summed E-state index contributed by atoms with van der Waals surface area (Å²) < 4.78 is 1.96. The van der Waals surface area contributed by atoms with E-state index in [4.69, 9.17) is 0 Å². The van der Waals surface area contributed by atoms with Crippen LogP contribution in [0.3, 0.4) is 0 Å². The molecule has 0 saturated carbocycles. The lowest BCUT2D eigenvalue weighted by Gasteiger charge is -2.19. The van der Waals surface area contributed by atoms with Crippen LogP contribution in [0.2, 0.25) is 0 Å². The molecular weight excluding hydrogens is 326 g/mol. The summed E-state index contributed by atoms with van der Waals surface area (Å²) in [5, 5.41) is 12.5. The highest BCUT2D eigenvalue weighted by molar-refractivity contribution is 5.83. The molecule has 1 amide bonds. The van der Waals surface area contributed by atoms with Crippen molar-refractivity contribution in [3.63, 3.8) is 0 Å². The maximum absolute atomic E-state index is 12.7. The molecule has 1 N–H and O–H groups in total. The number of para-hydroxylation sites is 1. The number of rotatable bonds is 6. The van der Waals surface area contributed by atoms with Crippen LogP contribution < -0.4 is 5.32 Å². The SMILES string of the molecule is O=C(Cn1ccc2ccccc21)N[C@@H](Cn1nccn1)c1ccccc1. The Bertz CT molecular complexity index is 991. The molecule has 0 radical (unpaired) electrons. The number of benzene rings is 2. The maximum atomic E-state index is 12.7. The Balaban J connectivity index is 1.52. The fourth-order valence-electron chi connectivity index (χ4n) is 3.09. The molecule has 6 heteroatoms. The highest BCUT2D eigenvalue weighted by atomic mass is 16.2. The second-order valence-electron chi connectivity index (χ2n) is 6.12. The minimum absolute atomic E-state index is 0.0487. The number of fused-ring (bicyclic) bond motifs is 1. The Morgan fingerprint density at radius 2 is 1.69 bits per heavy atom. The topological polar surface area (TPSA) is 64.7 Å². The number of carbonyl (C=O) groups is 1. The molecule has 2 aromatic carbocycles.